The second-order valence-electron chi connectivity index (χ2n) is 6.58. The molecular weight excluding hydrogens is 442 g/mol. The molecule has 1 N–H and O–H groups in total. The third kappa shape index (κ3) is 6.48. The Balaban J connectivity index is 1.54. The molecule has 1 atom stereocenters. The summed E-state index contributed by atoms with van der Waals surface area (Å²) in [7, 11) is 0. The molecule has 2 aromatic carbocycles. The van der Waals surface area contributed by atoms with Crippen LogP contribution < -0.4 is 14.8 Å². The Morgan fingerprint density at radius 3 is 2.50 bits per heavy atom. The lowest BCUT2D eigenvalue weighted by atomic mass is 10.2. The van der Waals surface area contributed by atoms with Crippen molar-refractivity contribution in [2.75, 3.05) is 5.32 Å². The van der Waals surface area contributed by atoms with Gasteiger partial charge in [-0.05, 0) is 50.2 Å². The fourth-order valence-electron chi connectivity index (χ4n) is 2.60. The minimum atomic E-state index is -3.04. The minimum Gasteiger partial charge on any atom is -0.487 e. The van der Waals surface area contributed by atoms with Crippen LogP contribution in [0.4, 0.5) is 14.5 Å². The highest BCUT2D eigenvalue weighted by Crippen LogP contribution is 2.26. The number of alkyl halides is 2. The summed E-state index contributed by atoms with van der Waals surface area (Å²) in [6, 6.07) is 12.0. The number of aromatic nitrogens is 1. The number of esters is 1. The van der Waals surface area contributed by atoms with Crippen LogP contribution in [0, 0.1) is 6.92 Å². The number of thiazole rings is 1. The average Bonchev–Trinajstić information content (AvgIpc) is 3.18. The van der Waals surface area contributed by atoms with E-state index in [1.165, 1.54) is 48.6 Å². The fraction of sp³-hybridized carbons (Fsp3) is 0.227. The van der Waals surface area contributed by atoms with E-state index in [4.69, 9.17) is 9.47 Å². The Hall–Kier alpha value is -3.53. The summed E-state index contributed by atoms with van der Waals surface area (Å²) in [4.78, 5) is 29.0. The number of ether oxygens (including phenoxy) is 3. The summed E-state index contributed by atoms with van der Waals surface area (Å²) >= 11 is 1.53. The molecule has 1 heterocycles. The van der Waals surface area contributed by atoms with Gasteiger partial charge in [-0.25, -0.2) is 9.78 Å². The zero-order valence-corrected chi connectivity index (χ0v) is 18.0. The van der Waals surface area contributed by atoms with Crippen molar-refractivity contribution in [2.24, 2.45) is 0 Å². The van der Waals surface area contributed by atoms with Crippen LogP contribution in [0.5, 0.6) is 11.5 Å². The lowest BCUT2D eigenvalue weighted by Gasteiger charge is -2.16. The quantitative estimate of drug-likeness (QED) is 0.459. The van der Waals surface area contributed by atoms with E-state index in [9.17, 15) is 18.4 Å². The van der Waals surface area contributed by atoms with Crippen molar-refractivity contribution in [3.05, 3.63) is 70.2 Å². The number of hydrogen-bond donors (Lipinski definition) is 1. The van der Waals surface area contributed by atoms with Gasteiger partial charge in [-0.3, -0.25) is 4.79 Å². The molecule has 0 aliphatic heterocycles. The summed E-state index contributed by atoms with van der Waals surface area (Å²) < 4.78 is 40.2. The van der Waals surface area contributed by atoms with Crippen molar-refractivity contribution in [3.63, 3.8) is 0 Å². The van der Waals surface area contributed by atoms with Crippen LogP contribution in [0.15, 0.2) is 53.9 Å². The molecule has 0 unspecified atom stereocenters. The Morgan fingerprint density at radius 1 is 1.12 bits per heavy atom. The van der Waals surface area contributed by atoms with Crippen LogP contribution in [-0.2, 0) is 16.1 Å². The monoisotopic (exact) mass is 462 g/mol. The molecule has 1 aromatic heterocycles. The van der Waals surface area contributed by atoms with Crippen molar-refractivity contribution in [1.82, 2.24) is 4.98 Å². The van der Waals surface area contributed by atoms with Gasteiger partial charge in [-0.15, -0.1) is 11.3 Å². The largest absolute Gasteiger partial charge is 0.487 e. The van der Waals surface area contributed by atoms with Crippen LogP contribution in [0.3, 0.4) is 0 Å². The van der Waals surface area contributed by atoms with E-state index >= 15 is 0 Å². The molecule has 32 heavy (non-hydrogen) atoms. The van der Waals surface area contributed by atoms with Gasteiger partial charge in [-0.1, -0.05) is 12.1 Å². The molecule has 0 bridgehead atoms. The van der Waals surface area contributed by atoms with Crippen LogP contribution in [0.1, 0.15) is 28.0 Å². The summed E-state index contributed by atoms with van der Waals surface area (Å²) in [5, 5.41) is 5.27. The number of carbonyl (C=O) groups is 2. The van der Waals surface area contributed by atoms with E-state index in [1.807, 2.05) is 12.3 Å². The maximum atomic E-state index is 12.5. The average molecular weight is 462 g/mol. The Labute approximate surface area is 187 Å². The van der Waals surface area contributed by atoms with E-state index in [0.717, 1.165) is 10.7 Å². The fourth-order valence-corrected chi connectivity index (χ4v) is 3.20. The molecule has 0 saturated carbocycles. The Morgan fingerprint density at radius 2 is 1.84 bits per heavy atom. The SMILES string of the molecule is Cc1nc(COc2ccc(C(=O)O[C@@H](C)C(=O)Nc3ccccc3OC(F)F)cc2)cs1. The van der Waals surface area contributed by atoms with Gasteiger partial charge in [-0.2, -0.15) is 8.78 Å². The summed E-state index contributed by atoms with van der Waals surface area (Å²) in [5.41, 5.74) is 1.08. The molecule has 0 radical (unpaired) electrons. The van der Waals surface area contributed by atoms with E-state index in [0.29, 0.717) is 12.4 Å². The molecule has 3 rings (SSSR count). The highest BCUT2D eigenvalue weighted by atomic mass is 32.1. The number of carbonyl (C=O) groups excluding carboxylic acids is 2. The molecule has 0 saturated heterocycles. The number of benzene rings is 2. The van der Waals surface area contributed by atoms with Crippen molar-refractivity contribution in [1.29, 1.82) is 0 Å². The van der Waals surface area contributed by atoms with Crippen molar-refractivity contribution >= 4 is 28.9 Å². The van der Waals surface area contributed by atoms with Gasteiger partial charge in [0.1, 0.15) is 18.1 Å². The summed E-state index contributed by atoms with van der Waals surface area (Å²) in [6.45, 7) is 0.547. The van der Waals surface area contributed by atoms with Gasteiger partial charge >= 0.3 is 12.6 Å². The van der Waals surface area contributed by atoms with E-state index in [2.05, 4.69) is 15.0 Å². The van der Waals surface area contributed by atoms with Crippen LogP contribution in [0.2, 0.25) is 0 Å². The first kappa shape index (κ1) is 23.1. The van der Waals surface area contributed by atoms with Gasteiger partial charge in [0.15, 0.2) is 6.10 Å². The molecule has 10 heteroatoms. The van der Waals surface area contributed by atoms with Crippen LogP contribution >= 0.6 is 11.3 Å². The number of aryl methyl sites for hydroxylation is 1. The first-order valence-electron chi connectivity index (χ1n) is 9.51. The summed E-state index contributed by atoms with van der Waals surface area (Å²) in [6.07, 6.45) is -1.18. The lowest BCUT2D eigenvalue weighted by Crippen LogP contribution is -2.30. The number of nitrogens with one attached hydrogen (secondary N) is 1. The molecule has 0 fully saturated rings. The van der Waals surface area contributed by atoms with Crippen LogP contribution in [0.25, 0.3) is 0 Å². The van der Waals surface area contributed by atoms with Crippen LogP contribution in [-0.4, -0.2) is 29.6 Å². The zero-order valence-electron chi connectivity index (χ0n) is 17.2. The number of para-hydroxylation sites is 2. The third-order valence-electron chi connectivity index (χ3n) is 4.16. The second kappa shape index (κ2) is 10.7. The zero-order chi connectivity index (χ0) is 23.1. The molecule has 0 spiro atoms. The van der Waals surface area contributed by atoms with Gasteiger partial charge in [0.2, 0.25) is 0 Å². The predicted molar refractivity (Wildman–Crippen MR) is 114 cm³/mol. The maximum absolute atomic E-state index is 12.5. The number of nitrogens with zero attached hydrogens (tertiary/aromatic N) is 1. The Kier molecular flexibility index (Phi) is 7.72. The molecule has 3 aromatic rings. The number of anilines is 1. The predicted octanol–water partition coefficient (Wildman–Crippen LogP) is 4.82. The van der Waals surface area contributed by atoms with E-state index < -0.39 is 24.6 Å². The molecular formula is C22H20F2N2O5S. The topological polar surface area (TPSA) is 86.8 Å². The third-order valence-corrected chi connectivity index (χ3v) is 4.98. The van der Waals surface area contributed by atoms with Gasteiger partial charge in [0, 0.05) is 5.38 Å². The van der Waals surface area contributed by atoms with E-state index in [-0.39, 0.29) is 17.0 Å². The first-order chi connectivity index (χ1) is 15.3. The molecule has 7 nitrogen and oxygen atoms in total. The highest BCUT2D eigenvalue weighted by Gasteiger charge is 2.21. The molecule has 168 valence electrons. The number of amides is 1. The minimum absolute atomic E-state index is 0.0394. The standard InChI is InChI=1S/C22H20F2N2O5S/c1-13(20(27)26-18-5-3-4-6-19(18)31-22(23)24)30-21(28)15-7-9-17(10-8-15)29-11-16-12-32-14(2)25-16/h3-10,12-13,22H,11H2,1-2H3,(H,26,27)/t13-/m0/s1. The van der Waals surface area contributed by atoms with Gasteiger partial charge in [0.25, 0.3) is 5.91 Å². The maximum Gasteiger partial charge on any atom is 0.387 e. The first-order valence-corrected chi connectivity index (χ1v) is 10.4. The van der Waals surface area contributed by atoms with Crippen molar-refractivity contribution in [2.45, 2.75) is 33.2 Å². The van der Waals surface area contributed by atoms with E-state index in [1.54, 1.807) is 18.2 Å². The normalized spacial score (nSPS) is 11.7. The van der Waals surface area contributed by atoms with Gasteiger partial charge < -0.3 is 19.5 Å². The molecule has 0 aliphatic carbocycles. The highest BCUT2D eigenvalue weighted by molar-refractivity contribution is 7.09. The Bertz CT molecular complexity index is 1070. The summed E-state index contributed by atoms with van der Waals surface area (Å²) in [5.74, 6) is -1.06. The smallest absolute Gasteiger partial charge is 0.387 e. The van der Waals surface area contributed by atoms with Crippen molar-refractivity contribution < 1.29 is 32.6 Å². The van der Waals surface area contributed by atoms with Gasteiger partial charge in [0.05, 0.1) is 22.0 Å². The second-order valence-corrected chi connectivity index (χ2v) is 7.64. The number of halogens is 2. The molecule has 1 amide bonds. The lowest BCUT2D eigenvalue weighted by molar-refractivity contribution is -0.123. The molecule has 0 aliphatic rings. The number of rotatable bonds is 9. The number of hydrogen-bond acceptors (Lipinski definition) is 7. The van der Waals surface area contributed by atoms with Crippen molar-refractivity contribution in [3.8, 4) is 11.5 Å².